The van der Waals surface area contributed by atoms with Crippen molar-refractivity contribution in [2.45, 2.75) is 32.6 Å². The summed E-state index contributed by atoms with van der Waals surface area (Å²) in [5, 5.41) is 0. The number of hydrogen-bond acceptors (Lipinski definition) is 2. The van der Waals surface area contributed by atoms with Gasteiger partial charge >= 0.3 is 0 Å². The highest BCUT2D eigenvalue weighted by Crippen LogP contribution is 2.13. The first-order valence-electron chi connectivity index (χ1n) is 6.69. The molecule has 0 radical (unpaired) electrons. The van der Waals surface area contributed by atoms with Gasteiger partial charge in [-0.1, -0.05) is 25.7 Å². The molecule has 0 N–H and O–H groups in total. The molecule has 102 valence electrons. The summed E-state index contributed by atoms with van der Waals surface area (Å²) in [6.45, 7) is 9.90. The lowest BCUT2D eigenvalue weighted by Crippen LogP contribution is -2.20. The molecule has 2 heterocycles. The third kappa shape index (κ3) is 3.70. The highest BCUT2D eigenvalue weighted by Gasteiger charge is 2.11. The monoisotopic (exact) mass is 274 g/mol. The van der Waals surface area contributed by atoms with Crippen molar-refractivity contribution in [1.29, 1.82) is 0 Å². The SMILES string of the molecule is Cc1nc2ccccn2c1/C=C/OCC[Si](C)(C)C. The maximum Gasteiger partial charge on any atom is 0.137 e. The first-order chi connectivity index (χ1) is 8.97. The molecular formula is C15H22N2OSi. The number of imidazole rings is 1. The van der Waals surface area contributed by atoms with E-state index in [0.717, 1.165) is 23.6 Å². The van der Waals surface area contributed by atoms with Crippen LogP contribution in [0.5, 0.6) is 0 Å². The molecule has 0 saturated heterocycles. The van der Waals surface area contributed by atoms with Crippen LogP contribution in [0.15, 0.2) is 30.7 Å². The average Bonchev–Trinajstić information content (AvgIpc) is 2.64. The van der Waals surface area contributed by atoms with Crippen LogP contribution in [-0.4, -0.2) is 24.1 Å². The van der Waals surface area contributed by atoms with Gasteiger partial charge in [0.05, 0.1) is 24.3 Å². The number of aryl methyl sites for hydroxylation is 1. The predicted octanol–water partition coefficient (Wildman–Crippen LogP) is 3.97. The molecule has 0 aromatic carbocycles. The fraction of sp³-hybridized carbons (Fsp3) is 0.400. The van der Waals surface area contributed by atoms with Crippen molar-refractivity contribution < 1.29 is 4.74 Å². The highest BCUT2D eigenvalue weighted by molar-refractivity contribution is 6.76. The van der Waals surface area contributed by atoms with E-state index >= 15 is 0 Å². The lowest BCUT2D eigenvalue weighted by Gasteiger charge is -2.14. The molecule has 19 heavy (non-hydrogen) atoms. The minimum atomic E-state index is -1.00. The lowest BCUT2D eigenvalue weighted by atomic mass is 10.3. The van der Waals surface area contributed by atoms with Crippen LogP contribution in [0, 0.1) is 6.92 Å². The number of rotatable bonds is 5. The van der Waals surface area contributed by atoms with Gasteiger partial charge in [0.25, 0.3) is 0 Å². The van der Waals surface area contributed by atoms with Crippen molar-refractivity contribution >= 4 is 19.8 Å². The molecule has 2 rings (SSSR count). The second kappa shape index (κ2) is 5.61. The summed E-state index contributed by atoms with van der Waals surface area (Å²) in [6, 6.07) is 7.21. The van der Waals surface area contributed by atoms with Gasteiger partial charge in [-0.2, -0.15) is 0 Å². The van der Waals surface area contributed by atoms with Gasteiger partial charge in [-0.15, -0.1) is 0 Å². The van der Waals surface area contributed by atoms with Crippen LogP contribution in [-0.2, 0) is 4.74 Å². The Morgan fingerprint density at radius 1 is 1.32 bits per heavy atom. The number of ether oxygens (including phenoxy) is 1. The average molecular weight is 274 g/mol. The zero-order valence-corrected chi connectivity index (χ0v) is 13.2. The molecule has 0 atom stereocenters. The Balaban J connectivity index is 2.03. The van der Waals surface area contributed by atoms with Crippen molar-refractivity contribution in [2.75, 3.05) is 6.61 Å². The second-order valence-electron chi connectivity index (χ2n) is 6.00. The quantitative estimate of drug-likeness (QED) is 0.468. The van der Waals surface area contributed by atoms with E-state index in [1.807, 2.05) is 37.4 Å². The molecular weight excluding hydrogens is 252 g/mol. The van der Waals surface area contributed by atoms with Gasteiger partial charge in [0.1, 0.15) is 5.65 Å². The van der Waals surface area contributed by atoms with Crippen molar-refractivity contribution in [2.24, 2.45) is 0 Å². The Hall–Kier alpha value is -1.55. The molecule has 4 heteroatoms. The molecule has 2 aromatic heterocycles. The molecule has 2 aromatic rings. The normalized spacial score (nSPS) is 12.4. The fourth-order valence-corrected chi connectivity index (χ4v) is 2.61. The van der Waals surface area contributed by atoms with Crippen LogP contribution in [0.25, 0.3) is 11.7 Å². The van der Waals surface area contributed by atoms with Crippen LogP contribution in [0.1, 0.15) is 11.4 Å². The van der Waals surface area contributed by atoms with Gasteiger partial charge in [-0.05, 0) is 31.2 Å². The van der Waals surface area contributed by atoms with Crippen molar-refractivity contribution in [3.63, 3.8) is 0 Å². The van der Waals surface area contributed by atoms with E-state index in [0.29, 0.717) is 0 Å². The third-order valence-electron chi connectivity index (χ3n) is 3.04. The topological polar surface area (TPSA) is 26.5 Å². The molecule has 0 amide bonds. The number of nitrogens with zero attached hydrogens (tertiary/aromatic N) is 2. The van der Waals surface area contributed by atoms with E-state index in [1.165, 1.54) is 6.04 Å². The molecule has 0 bridgehead atoms. The minimum absolute atomic E-state index is 0.808. The van der Waals surface area contributed by atoms with Crippen molar-refractivity contribution in [3.05, 3.63) is 42.0 Å². The predicted molar refractivity (Wildman–Crippen MR) is 83.1 cm³/mol. The van der Waals surface area contributed by atoms with Crippen LogP contribution >= 0.6 is 0 Å². The molecule has 0 aliphatic rings. The zero-order chi connectivity index (χ0) is 13.9. The van der Waals surface area contributed by atoms with Gasteiger partial charge in [0.2, 0.25) is 0 Å². The van der Waals surface area contributed by atoms with E-state index in [9.17, 15) is 0 Å². The Kier molecular flexibility index (Phi) is 4.10. The minimum Gasteiger partial charge on any atom is -0.501 e. The standard InChI is InChI=1S/C15H22N2OSi/c1-13-14(8-10-18-11-12-19(2,3)4)17-9-6-5-7-15(17)16-13/h5-10H,11-12H2,1-4H3/b10-8+. The second-order valence-corrected chi connectivity index (χ2v) is 11.6. The van der Waals surface area contributed by atoms with Gasteiger partial charge in [0, 0.05) is 14.3 Å². The maximum absolute atomic E-state index is 5.60. The summed E-state index contributed by atoms with van der Waals surface area (Å²) < 4.78 is 7.68. The zero-order valence-electron chi connectivity index (χ0n) is 12.2. The Morgan fingerprint density at radius 3 is 2.84 bits per heavy atom. The van der Waals surface area contributed by atoms with Crippen LogP contribution in [0.3, 0.4) is 0 Å². The van der Waals surface area contributed by atoms with E-state index in [1.54, 1.807) is 6.26 Å². The first kappa shape index (κ1) is 13.9. The smallest absolute Gasteiger partial charge is 0.137 e. The van der Waals surface area contributed by atoms with Gasteiger partial charge in [-0.3, -0.25) is 4.40 Å². The van der Waals surface area contributed by atoms with Crippen molar-refractivity contribution in [3.8, 4) is 0 Å². The highest BCUT2D eigenvalue weighted by atomic mass is 28.3. The Morgan fingerprint density at radius 2 is 2.11 bits per heavy atom. The molecule has 0 aliphatic carbocycles. The van der Waals surface area contributed by atoms with Crippen LogP contribution < -0.4 is 0 Å². The van der Waals surface area contributed by atoms with Gasteiger partial charge in [0.15, 0.2) is 0 Å². The molecule has 0 saturated carbocycles. The van der Waals surface area contributed by atoms with Crippen LogP contribution in [0.4, 0.5) is 0 Å². The van der Waals surface area contributed by atoms with Gasteiger partial charge in [-0.25, -0.2) is 4.98 Å². The number of fused-ring (bicyclic) bond motifs is 1. The summed E-state index contributed by atoms with van der Waals surface area (Å²) in [5.74, 6) is 0. The summed E-state index contributed by atoms with van der Waals surface area (Å²) in [4.78, 5) is 4.51. The van der Waals surface area contributed by atoms with E-state index in [-0.39, 0.29) is 0 Å². The summed E-state index contributed by atoms with van der Waals surface area (Å²) >= 11 is 0. The number of aromatic nitrogens is 2. The van der Waals surface area contributed by atoms with Crippen LogP contribution in [0.2, 0.25) is 25.7 Å². The first-order valence-corrected chi connectivity index (χ1v) is 10.4. The summed E-state index contributed by atoms with van der Waals surface area (Å²) in [7, 11) is -1.00. The number of pyridine rings is 1. The molecule has 3 nitrogen and oxygen atoms in total. The van der Waals surface area contributed by atoms with E-state index in [4.69, 9.17) is 4.74 Å². The molecule has 0 unspecified atom stereocenters. The molecule has 0 aliphatic heterocycles. The molecule has 0 spiro atoms. The fourth-order valence-electron chi connectivity index (χ4n) is 1.88. The van der Waals surface area contributed by atoms with E-state index in [2.05, 4.69) is 29.0 Å². The lowest BCUT2D eigenvalue weighted by molar-refractivity contribution is 0.270. The maximum atomic E-state index is 5.60. The Labute approximate surface area is 115 Å². The molecule has 0 fully saturated rings. The van der Waals surface area contributed by atoms with E-state index < -0.39 is 8.07 Å². The third-order valence-corrected chi connectivity index (χ3v) is 4.75. The van der Waals surface area contributed by atoms with Crippen molar-refractivity contribution in [1.82, 2.24) is 9.38 Å². The van der Waals surface area contributed by atoms with Gasteiger partial charge < -0.3 is 4.74 Å². The summed E-state index contributed by atoms with van der Waals surface area (Å²) in [5.41, 5.74) is 3.08. The summed E-state index contributed by atoms with van der Waals surface area (Å²) in [6.07, 6.45) is 5.82. The largest absolute Gasteiger partial charge is 0.501 e. The Bertz CT molecular complexity index is 581. The number of hydrogen-bond donors (Lipinski definition) is 0.